The van der Waals surface area contributed by atoms with Crippen molar-refractivity contribution in [3.05, 3.63) is 10.4 Å². The Labute approximate surface area is 113 Å². The van der Waals surface area contributed by atoms with Crippen LogP contribution in [0.15, 0.2) is 0 Å². The van der Waals surface area contributed by atoms with Crippen LogP contribution in [0.5, 0.6) is 0 Å². The molecule has 0 N–H and O–H groups in total. The first-order valence-electron chi connectivity index (χ1n) is 5.44. The van der Waals surface area contributed by atoms with Gasteiger partial charge in [0.1, 0.15) is 11.7 Å². The van der Waals surface area contributed by atoms with E-state index in [0.29, 0.717) is 31.3 Å². The first-order valence-corrected chi connectivity index (χ1v) is 6.20. The van der Waals surface area contributed by atoms with E-state index in [9.17, 15) is 4.79 Å². The average Bonchev–Trinajstić information content (AvgIpc) is 2.35. The van der Waals surface area contributed by atoms with Crippen molar-refractivity contribution in [1.82, 2.24) is 9.97 Å². The summed E-state index contributed by atoms with van der Waals surface area (Å²) in [5.74, 6) is 0.519. The molecule has 2 aliphatic heterocycles. The zero-order valence-electron chi connectivity index (χ0n) is 9.56. The van der Waals surface area contributed by atoms with Gasteiger partial charge in [-0.25, -0.2) is 4.98 Å². The standard InChI is InChI=1S/C10H10Cl2N4O2/c1-15-6-7(11)13-10(12)14-8(6)16-2-3-18-4-5(16)9(15)17/h5H,2-4H2,1H3. The van der Waals surface area contributed by atoms with Crippen LogP contribution in [0, 0.1) is 0 Å². The zero-order chi connectivity index (χ0) is 12.9. The third-order valence-corrected chi connectivity index (χ3v) is 3.58. The summed E-state index contributed by atoms with van der Waals surface area (Å²) in [5.41, 5.74) is 0.504. The van der Waals surface area contributed by atoms with Crippen molar-refractivity contribution in [2.75, 3.05) is 36.6 Å². The minimum Gasteiger partial charge on any atom is -0.377 e. The molecule has 0 radical (unpaired) electrons. The van der Waals surface area contributed by atoms with Crippen LogP contribution in [-0.2, 0) is 9.53 Å². The lowest BCUT2D eigenvalue weighted by Crippen LogP contribution is -2.58. The van der Waals surface area contributed by atoms with Crippen molar-refractivity contribution in [3.63, 3.8) is 0 Å². The molecule has 0 bridgehead atoms. The Kier molecular flexibility index (Phi) is 2.80. The molecule has 3 heterocycles. The lowest BCUT2D eigenvalue weighted by atomic mass is 10.1. The fourth-order valence-corrected chi connectivity index (χ4v) is 2.77. The van der Waals surface area contributed by atoms with Gasteiger partial charge in [0.05, 0.1) is 13.2 Å². The van der Waals surface area contributed by atoms with Crippen LogP contribution >= 0.6 is 23.2 Å². The maximum absolute atomic E-state index is 12.2. The molecule has 0 spiro atoms. The number of aromatic nitrogens is 2. The van der Waals surface area contributed by atoms with E-state index in [0.717, 1.165) is 0 Å². The predicted octanol–water partition coefficient (Wildman–Crippen LogP) is 0.965. The second-order valence-corrected chi connectivity index (χ2v) is 4.83. The quantitative estimate of drug-likeness (QED) is 0.526. The Morgan fingerprint density at radius 1 is 1.39 bits per heavy atom. The minimum absolute atomic E-state index is 0.0741. The molecule has 0 aliphatic carbocycles. The molecule has 1 amide bonds. The summed E-state index contributed by atoms with van der Waals surface area (Å²) in [6.07, 6.45) is 0. The SMILES string of the molecule is CN1C(=O)C2COCCN2c2nc(Cl)nc(Cl)c21. The molecule has 8 heteroatoms. The molecule has 1 aromatic rings. The molecular formula is C10H10Cl2N4O2. The molecular weight excluding hydrogens is 279 g/mol. The van der Waals surface area contributed by atoms with E-state index < -0.39 is 0 Å². The Balaban J connectivity index is 2.18. The van der Waals surface area contributed by atoms with Gasteiger partial charge in [0.2, 0.25) is 5.28 Å². The molecule has 1 aromatic heterocycles. The molecule has 1 saturated heterocycles. The van der Waals surface area contributed by atoms with Gasteiger partial charge in [-0.3, -0.25) is 4.79 Å². The number of ether oxygens (including phenoxy) is 1. The van der Waals surface area contributed by atoms with Gasteiger partial charge in [0.15, 0.2) is 11.0 Å². The third-order valence-electron chi connectivity index (χ3n) is 3.15. The van der Waals surface area contributed by atoms with E-state index in [1.54, 1.807) is 7.05 Å². The number of carbonyl (C=O) groups excluding carboxylic acids is 1. The van der Waals surface area contributed by atoms with Crippen LogP contribution in [-0.4, -0.2) is 48.7 Å². The number of likely N-dealkylation sites (N-methyl/N-ethyl adjacent to an activating group) is 1. The third kappa shape index (κ3) is 1.64. The number of carbonyl (C=O) groups is 1. The van der Waals surface area contributed by atoms with E-state index in [4.69, 9.17) is 27.9 Å². The lowest BCUT2D eigenvalue weighted by molar-refractivity contribution is -0.122. The van der Waals surface area contributed by atoms with Gasteiger partial charge < -0.3 is 14.5 Å². The van der Waals surface area contributed by atoms with Crippen LogP contribution in [0.1, 0.15) is 0 Å². The van der Waals surface area contributed by atoms with Crippen molar-refractivity contribution in [1.29, 1.82) is 0 Å². The number of halogens is 2. The first kappa shape index (κ1) is 12.0. The zero-order valence-corrected chi connectivity index (χ0v) is 11.1. The fraction of sp³-hybridized carbons (Fsp3) is 0.500. The van der Waals surface area contributed by atoms with Gasteiger partial charge in [-0.1, -0.05) is 11.6 Å². The van der Waals surface area contributed by atoms with Gasteiger partial charge in [-0.2, -0.15) is 4.98 Å². The average molecular weight is 289 g/mol. The Morgan fingerprint density at radius 3 is 2.94 bits per heavy atom. The summed E-state index contributed by atoms with van der Waals surface area (Å²) >= 11 is 11.9. The summed E-state index contributed by atoms with van der Waals surface area (Å²) in [5, 5.41) is 0.262. The lowest BCUT2D eigenvalue weighted by Gasteiger charge is -2.42. The smallest absolute Gasteiger partial charge is 0.252 e. The number of anilines is 2. The van der Waals surface area contributed by atoms with Crippen molar-refractivity contribution in [3.8, 4) is 0 Å². The number of amides is 1. The van der Waals surface area contributed by atoms with Crippen LogP contribution in [0.2, 0.25) is 10.4 Å². The Morgan fingerprint density at radius 2 is 2.17 bits per heavy atom. The van der Waals surface area contributed by atoms with Gasteiger partial charge in [0.25, 0.3) is 5.91 Å². The highest BCUT2D eigenvalue weighted by molar-refractivity contribution is 6.35. The molecule has 1 atom stereocenters. The summed E-state index contributed by atoms with van der Waals surface area (Å²) in [7, 11) is 1.65. The molecule has 2 aliphatic rings. The fourth-order valence-electron chi connectivity index (χ4n) is 2.28. The summed E-state index contributed by atoms with van der Waals surface area (Å²) in [4.78, 5) is 23.6. The number of fused-ring (bicyclic) bond motifs is 3. The maximum Gasteiger partial charge on any atom is 0.252 e. The van der Waals surface area contributed by atoms with Crippen molar-refractivity contribution in [2.24, 2.45) is 0 Å². The highest BCUT2D eigenvalue weighted by Gasteiger charge is 2.41. The minimum atomic E-state index is -0.363. The van der Waals surface area contributed by atoms with E-state index in [1.807, 2.05) is 4.90 Å². The van der Waals surface area contributed by atoms with Crippen molar-refractivity contribution in [2.45, 2.75) is 6.04 Å². The predicted molar refractivity (Wildman–Crippen MR) is 67.4 cm³/mol. The first-order chi connectivity index (χ1) is 8.59. The molecule has 96 valence electrons. The summed E-state index contributed by atoms with van der Waals surface area (Å²) < 4.78 is 5.33. The van der Waals surface area contributed by atoms with Crippen LogP contribution in [0.3, 0.4) is 0 Å². The second-order valence-electron chi connectivity index (χ2n) is 4.14. The van der Waals surface area contributed by atoms with Gasteiger partial charge >= 0.3 is 0 Å². The number of hydrogen-bond donors (Lipinski definition) is 0. The van der Waals surface area contributed by atoms with Crippen LogP contribution in [0.25, 0.3) is 0 Å². The Bertz CT molecular complexity index is 525. The molecule has 0 saturated carbocycles. The molecule has 6 nitrogen and oxygen atoms in total. The van der Waals surface area contributed by atoms with E-state index in [2.05, 4.69) is 9.97 Å². The van der Waals surface area contributed by atoms with Crippen LogP contribution in [0.4, 0.5) is 11.5 Å². The molecule has 1 fully saturated rings. The molecule has 1 unspecified atom stereocenters. The topological polar surface area (TPSA) is 58.6 Å². The molecule has 0 aromatic carbocycles. The second kappa shape index (κ2) is 4.22. The maximum atomic E-state index is 12.2. The number of hydrogen-bond acceptors (Lipinski definition) is 5. The van der Waals surface area contributed by atoms with Gasteiger partial charge in [-0.15, -0.1) is 0 Å². The van der Waals surface area contributed by atoms with E-state index >= 15 is 0 Å². The number of rotatable bonds is 0. The van der Waals surface area contributed by atoms with E-state index in [-0.39, 0.29) is 22.4 Å². The Hall–Kier alpha value is -1.11. The van der Waals surface area contributed by atoms with Crippen molar-refractivity contribution >= 4 is 40.6 Å². The molecule has 18 heavy (non-hydrogen) atoms. The highest BCUT2D eigenvalue weighted by Crippen LogP contribution is 2.39. The van der Waals surface area contributed by atoms with Gasteiger partial charge in [-0.05, 0) is 11.6 Å². The number of morpholine rings is 1. The summed E-state index contributed by atoms with van der Waals surface area (Å²) in [6, 6.07) is -0.363. The van der Waals surface area contributed by atoms with Crippen LogP contribution < -0.4 is 9.80 Å². The van der Waals surface area contributed by atoms with Crippen molar-refractivity contribution < 1.29 is 9.53 Å². The van der Waals surface area contributed by atoms with Gasteiger partial charge in [0, 0.05) is 13.6 Å². The number of nitrogens with zero attached hydrogens (tertiary/aromatic N) is 4. The van der Waals surface area contributed by atoms with E-state index in [1.165, 1.54) is 4.90 Å². The normalized spacial score (nSPS) is 22.8. The largest absolute Gasteiger partial charge is 0.377 e. The monoisotopic (exact) mass is 288 g/mol. The highest BCUT2D eigenvalue weighted by atomic mass is 35.5. The summed E-state index contributed by atoms with van der Waals surface area (Å²) in [6.45, 7) is 1.48. The molecule has 3 rings (SSSR count).